The van der Waals surface area contributed by atoms with Crippen molar-refractivity contribution in [1.82, 2.24) is 0 Å². The third kappa shape index (κ3) is 2.87. The summed E-state index contributed by atoms with van der Waals surface area (Å²) in [4.78, 5) is 10.8. The van der Waals surface area contributed by atoms with Crippen LogP contribution in [0.3, 0.4) is 0 Å². The zero-order valence-corrected chi connectivity index (χ0v) is 9.58. The van der Waals surface area contributed by atoms with Crippen LogP contribution in [-0.2, 0) is 4.79 Å². The molecule has 3 nitrogen and oxygen atoms in total. The van der Waals surface area contributed by atoms with Gasteiger partial charge in [-0.1, -0.05) is 0 Å². The van der Waals surface area contributed by atoms with Crippen LogP contribution in [0.1, 0.15) is 6.92 Å². The molecule has 0 aromatic heterocycles. The lowest BCUT2D eigenvalue weighted by atomic mass is 10.3. The second-order valence-electron chi connectivity index (χ2n) is 2.53. The fraction of sp³-hybridized carbons (Fsp3) is 0.222. The van der Waals surface area contributed by atoms with Crippen LogP contribution in [0.4, 0.5) is 5.69 Å². The monoisotopic (exact) mass is 291 g/mol. The normalized spacial score (nSPS) is 9.46. The molecule has 1 amide bonds. The summed E-state index contributed by atoms with van der Waals surface area (Å²) in [5.41, 5.74) is 0.785. The number of anilines is 1. The summed E-state index contributed by atoms with van der Waals surface area (Å²) in [7, 11) is 1.60. The van der Waals surface area contributed by atoms with Gasteiger partial charge >= 0.3 is 0 Å². The summed E-state index contributed by atoms with van der Waals surface area (Å²) in [5, 5.41) is 2.72. The highest BCUT2D eigenvalue weighted by Crippen LogP contribution is 2.23. The van der Waals surface area contributed by atoms with Gasteiger partial charge in [-0.2, -0.15) is 0 Å². The van der Waals surface area contributed by atoms with Crippen molar-refractivity contribution < 1.29 is 9.53 Å². The molecule has 1 N–H and O–H groups in total. The third-order valence-corrected chi connectivity index (χ3v) is 2.42. The summed E-state index contributed by atoms with van der Waals surface area (Å²) < 4.78 is 6.03. The zero-order chi connectivity index (χ0) is 9.84. The van der Waals surface area contributed by atoms with Crippen molar-refractivity contribution in [3.05, 3.63) is 21.8 Å². The summed E-state index contributed by atoms with van der Waals surface area (Å²) in [6, 6.07) is 5.54. The summed E-state index contributed by atoms with van der Waals surface area (Å²) in [6.07, 6.45) is 0. The van der Waals surface area contributed by atoms with Crippen molar-refractivity contribution in [3.63, 3.8) is 0 Å². The van der Waals surface area contributed by atoms with Crippen LogP contribution in [0.2, 0.25) is 0 Å². The van der Waals surface area contributed by atoms with Gasteiger partial charge in [-0.05, 0) is 34.7 Å². The van der Waals surface area contributed by atoms with Crippen LogP contribution in [0.15, 0.2) is 18.2 Å². The third-order valence-electron chi connectivity index (χ3n) is 1.48. The lowest BCUT2D eigenvalue weighted by Gasteiger charge is -2.06. The largest absolute Gasteiger partial charge is 0.497 e. The Labute approximate surface area is 90.6 Å². The molecule has 0 atom stereocenters. The quantitative estimate of drug-likeness (QED) is 0.849. The molecule has 0 bridgehead atoms. The molecule has 0 heterocycles. The first-order chi connectivity index (χ1) is 6.13. The molecule has 0 fully saturated rings. The van der Waals surface area contributed by atoms with Crippen LogP contribution < -0.4 is 10.1 Å². The Hall–Kier alpha value is -0.780. The highest BCUT2D eigenvalue weighted by Gasteiger charge is 2.02. The van der Waals surface area contributed by atoms with E-state index in [1.54, 1.807) is 13.2 Å². The standard InChI is InChI=1S/C9H10INO2/c1-6(12)11-9-5-7(13-2)3-4-8(9)10/h3-5H,1-2H3,(H,11,12). The molecule has 0 unspecified atom stereocenters. The van der Waals surface area contributed by atoms with E-state index >= 15 is 0 Å². The first-order valence-electron chi connectivity index (χ1n) is 3.74. The van der Waals surface area contributed by atoms with Gasteiger partial charge < -0.3 is 10.1 Å². The summed E-state index contributed by atoms with van der Waals surface area (Å²) in [6.45, 7) is 1.48. The first kappa shape index (κ1) is 10.3. The number of methoxy groups -OCH3 is 1. The highest BCUT2D eigenvalue weighted by atomic mass is 127. The van der Waals surface area contributed by atoms with E-state index in [0.717, 1.165) is 15.0 Å². The number of carbonyl (C=O) groups is 1. The Morgan fingerprint density at radius 3 is 2.77 bits per heavy atom. The molecule has 0 saturated heterocycles. The molecular weight excluding hydrogens is 281 g/mol. The van der Waals surface area contributed by atoms with Crippen molar-refractivity contribution in [3.8, 4) is 5.75 Å². The molecule has 0 aliphatic carbocycles. The van der Waals surface area contributed by atoms with Gasteiger partial charge in [-0.3, -0.25) is 4.79 Å². The molecule has 0 saturated carbocycles. The number of hydrogen-bond acceptors (Lipinski definition) is 2. The average Bonchev–Trinajstić information content (AvgIpc) is 2.08. The number of rotatable bonds is 2. The van der Waals surface area contributed by atoms with Gasteiger partial charge in [0.1, 0.15) is 5.75 Å². The van der Waals surface area contributed by atoms with Gasteiger partial charge in [0.15, 0.2) is 0 Å². The molecule has 1 rings (SSSR count). The predicted molar refractivity (Wildman–Crippen MR) is 60.0 cm³/mol. The van der Waals surface area contributed by atoms with Gasteiger partial charge in [0.05, 0.1) is 12.8 Å². The van der Waals surface area contributed by atoms with Crippen LogP contribution in [0.5, 0.6) is 5.75 Å². The van der Waals surface area contributed by atoms with E-state index in [2.05, 4.69) is 27.9 Å². The van der Waals surface area contributed by atoms with E-state index in [-0.39, 0.29) is 5.91 Å². The minimum atomic E-state index is -0.0776. The van der Waals surface area contributed by atoms with E-state index in [1.165, 1.54) is 6.92 Å². The van der Waals surface area contributed by atoms with Gasteiger partial charge in [0, 0.05) is 16.6 Å². The van der Waals surface area contributed by atoms with Gasteiger partial charge in [-0.25, -0.2) is 0 Å². The molecule has 70 valence electrons. The van der Waals surface area contributed by atoms with Crippen LogP contribution in [0, 0.1) is 3.57 Å². The molecule has 0 radical (unpaired) electrons. The Balaban J connectivity index is 2.96. The molecular formula is C9H10INO2. The second kappa shape index (κ2) is 4.45. The topological polar surface area (TPSA) is 38.3 Å². The molecule has 4 heteroatoms. The molecule has 0 spiro atoms. The zero-order valence-electron chi connectivity index (χ0n) is 7.43. The lowest BCUT2D eigenvalue weighted by molar-refractivity contribution is -0.114. The summed E-state index contributed by atoms with van der Waals surface area (Å²) >= 11 is 2.16. The van der Waals surface area contributed by atoms with Gasteiger partial charge in [-0.15, -0.1) is 0 Å². The molecule has 0 aliphatic rings. The maximum Gasteiger partial charge on any atom is 0.221 e. The van der Waals surface area contributed by atoms with Crippen molar-refractivity contribution in [2.75, 3.05) is 12.4 Å². The number of nitrogens with one attached hydrogen (secondary N) is 1. The van der Waals surface area contributed by atoms with Crippen molar-refractivity contribution in [1.29, 1.82) is 0 Å². The molecule has 13 heavy (non-hydrogen) atoms. The molecule has 1 aromatic carbocycles. The maximum atomic E-state index is 10.8. The van der Waals surface area contributed by atoms with Crippen molar-refractivity contribution in [2.45, 2.75) is 6.92 Å². The van der Waals surface area contributed by atoms with Crippen molar-refractivity contribution >= 4 is 34.2 Å². The number of amides is 1. The van der Waals surface area contributed by atoms with E-state index in [9.17, 15) is 4.79 Å². The highest BCUT2D eigenvalue weighted by molar-refractivity contribution is 14.1. The van der Waals surface area contributed by atoms with Crippen LogP contribution in [-0.4, -0.2) is 13.0 Å². The predicted octanol–water partition coefficient (Wildman–Crippen LogP) is 2.26. The minimum Gasteiger partial charge on any atom is -0.497 e. The number of benzene rings is 1. The molecule has 1 aromatic rings. The SMILES string of the molecule is COc1ccc(I)c(NC(C)=O)c1. The number of hydrogen-bond donors (Lipinski definition) is 1. The smallest absolute Gasteiger partial charge is 0.221 e. The number of carbonyl (C=O) groups excluding carboxylic acids is 1. The minimum absolute atomic E-state index is 0.0776. The van der Waals surface area contributed by atoms with Crippen LogP contribution in [0.25, 0.3) is 0 Å². The lowest BCUT2D eigenvalue weighted by Crippen LogP contribution is -2.07. The first-order valence-corrected chi connectivity index (χ1v) is 4.82. The van der Waals surface area contributed by atoms with Crippen molar-refractivity contribution in [2.24, 2.45) is 0 Å². The second-order valence-corrected chi connectivity index (χ2v) is 3.69. The summed E-state index contributed by atoms with van der Waals surface area (Å²) in [5.74, 6) is 0.662. The Morgan fingerprint density at radius 1 is 1.54 bits per heavy atom. The van der Waals surface area contributed by atoms with E-state index in [4.69, 9.17) is 4.74 Å². The van der Waals surface area contributed by atoms with E-state index in [0.29, 0.717) is 0 Å². The Morgan fingerprint density at radius 2 is 2.23 bits per heavy atom. The maximum absolute atomic E-state index is 10.8. The van der Waals surface area contributed by atoms with Crippen LogP contribution >= 0.6 is 22.6 Å². The molecule has 0 aliphatic heterocycles. The van der Waals surface area contributed by atoms with Gasteiger partial charge in [0.2, 0.25) is 5.91 Å². The van der Waals surface area contributed by atoms with E-state index in [1.807, 2.05) is 12.1 Å². The number of ether oxygens (including phenoxy) is 1. The fourth-order valence-corrected chi connectivity index (χ4v) is 1.39. The fourth-order valence-electron chi connectivity index (χ4n) is 0.917. The number of halogens is 1. The average molecular weight is 291 g/mol. The van der Waals surface area contributed by atoms with Gasteiger partial charge in [0.25, 0.3) is 0 Å². The Bertz CT molecular complexity index is 325. The Kier molecular flexibility index (Phi) is 3.53. The van der Waals surface area contributed by atoms with E-state index < -0.39 is 0 Å².